The van der Waals surface area contributed by atoms with Crippen LogP contribution in [0.25, 0.3) is 6.08 Å². The Morgan fingerprint density at radius 1 is 0.946 bits per heavy atom. The van der Waals surface area contributed by atoms with E-state index in [2.05, 4.69) is 40.7 Å². The molecule has 2 aliphatic heterocycles. The van der Waals surface area contributed by atoms with Gasteiger partial charge in [0.25, 0.3) is 5.91 Å². The topological polar surface area (TPSA) is 74.7 Å². The zero-order valence-corrected chi connectivity index (χ0v) is 20.6. The molecule has 0 saturated heterocycles. The van der Waals surface area contributed by atoms with Crippen LogP contribution < -0.4 is 5.32 Å². The second-order valence-electron chi connectivity index (χ2n) is 10.7. The van der Waals surface area contributed by atoms with E-state index < -0.39 is 11.0 Å². The molecule has 2 spiro atoms. The summed E-state index contributed by atoms with van der Waals surface area (Å²) in [4.78, 5) is 37.7. The minimum Gasteiger partial charge on any atom is -0.310 e. The van der Waals surface area contributed by atoms with Crippen molar-refractivity contribution >= 4 is 29.5 Å². The summed E-state index contributed by atoms with van der Waals surface area (Å²) >= 11 is 0. The summed E-state index contributed by atoms with van der Waals surface area (Å²) in [6.45, 7) is 0.483. The van der Waals surface area contributed by atoms with Gasteiger partial charge in [-0.2, -0.15) is 0 Å². The highest BCUT2D eigenvalue weighted by Gasteiger charge is 2.51. The van der Waals surface area contributed by atoms with Gasteiger partial charge in [0, 0.05) is 23.9 Å². The van der Waals surface area contributed by atoms with Crippen LogP contribution in [0.5, 0.6) is 0 Å². The number of amidine groups is 1. The predicted octanol–water partition coefficient (Wildman–Crippen LogP) is 4.69. The zero-order chi connectivity index (χ0) is 25.0. The molecule has 3 heterocycles. The number of hydrogen-bond donors (Lipinski definition) is 1. The number of fused-ring (bicyclic) bond motifs is 3. The number of aliphatic imine (C=N–C) groups is 1. The number of carbonyl (C=O) groups excluding carboxylic acids is 2. The second kappa shape index (κ2) is 8.23. The third-order valence-electron chi connectivity index (χ3n) is 8.48. The minimum absolute atomic E-state index is 0.0376. The Morgan fingerprint density at radius 2 is 1.76 bits per heavy atom. The fraction of sp³-hybridized carbons (Fsp3) is 0.290. The van der Waals surface area contributed by atoms with Crippen molar-refractivity contribution in [1.82, 2.24) is 9.88 Å². The first-order valence-corrected chi connectivity index (χ1v) is 13.1. The minimum atomic E-state index is -0.575. The van der Waals surface area contributed by atoms with E-state index in [1.807, 2.05) is 47.4 Å². The van der Waals surface area contributed by atoms with E-state index in [4.69, 9.17) is 4.99 Å². The van der Waals surface area contributed by atoms with Crippen molar-refractivity contribution in [3.63, 3.8) is 0 Å². The number of nitrogens with one attached hydrogen (secondary N) is 1. The van der Waals surface area contributed by atoms with Gasteiger partial charge in [0.2, 0.25) is 5.91 Å². The molecule has 1 saturated carbocycles. The van der Waals surface area contributed by atoms with Gasteiger partial charge in [0.15, 0.2) is 0 Å². The highest BCUT2D eigenvalue weighted by Crippen LogP contribution is 2.46. The van der Waals surface area contributed by atoms with Crippen LogP contribution in [0.4, 0.5) is 5.82 Å². The molecule has 2 aromatic carbocycles. The first-order chi connectivity index (χ1) is 18.1. The van der Waals surface area contributed by atoms with Crippen LogP contribution in [0.2, 0.25) is 0 Å². The number of amides is 2. The molecule has 2 aliphatic carbocycles. The molecule has 37 heavy (non-hydrogen) atoms. The lowest BCUT2D eigenvalue weighted by molar-refractivity contribution is -0.130. The van der Waals surface area contributed by atoms with Crippen molar-refractivity contribution in [2.75, 3.05) is 11.9 Å². The van der Waals surface area contributed by atoms with E-state index in [-0.39, 0.29) is 11.8 Å². The SMILES string of the molecule is O=C1N(C/C=C/c2ccc3c(c2)C[C@@]2(C3)C(=O)Nc3ncccc32)C(c2ccccc2)=NC12CCCC2. The third-order valence-corrected chi connectivity index (χ3v) is 8.48. The van der Waals surface area contributed by atoms with Crippen molar-refractivity contribution in [2.24, 2.45) is 4.99 Å². The normalized spacial score (nSPS) is 23.2. The predicted molar refractivity (Wildman–Crippen MR) is 143 cm³/mol. The Hall–Kier alpha value is -4.06. The van der Waals surface area contributed by atoms with Crippen LogP contribution in [-0.2, 0) is 27.8 Å². The first-order valence-electron chi connectivity index (χ1n) is 13.1. The van der Waals surface area contributed by atoms with Gasteiger partial charge in [-0.05, 0) is 48.4 Å². The lowest BCUT2D eigenvalue weighted by Gasteiger charge is -2.21. The molecular formula is C31H28N4O2. The molecule has 184 valence electrons. The lowest BCUT2D eigenvalue weighted by Crippen LogP contribution is -2.41. The molecule has 4 aliphatic rings. The van der Waals surface area contributed by atoms with Crippen LogP contribution in [-0.4, -0.2) is 39.6 Å². The molecule has 6 heteroatoms. The van der Waals surface area contributed by atoms with Gasteiger partial charge in [-0.1, -0.05) is 79.6 Å². The van der Waals surface area contributed by atoms with E-state index >= 15 is 0 Å². The van der Waals surface area contributed by atoms with Crippen molar-refractivity contribution in [3.8, 4) is 0 Å². The van der Waals surface area contributed by atoms with Gasteiger partial charge in [-0.25, -0.2) is 4.98 Å². The number of nitrogens with zero attached hydrogens (tertiary/aromatic N) is 3. The second-order valence-corrected chi connectivity index (χ2v) is 10.7. The summed E-state index contributed by atoms with van der Waals surface area (Å²) in [6, 6.07) is 20.4. The fourth-order valence-corrected chi connectivity index (χ4v) is 6.61. The number of pyridine rings is 1. The molecule has 3 aromatic rings. The fourth-order valence-electron chi connectivity index (χ4n) is 6.61. The van der Waals surface area contributed by atoms with Crippen LogP contribution in [0.15, 0.2) is 77.9 Å². The maximum absolute atomic E-state index is 13.5. The maximum Gasteiger partial charge on any atom is 0.256 e. The molecule has 1 aromatic heterocycles. The number of rotatable bonds is 4. The van der Waals surface area contributed by atoms with Gasteiger partial charge in [-0.15, -0.1) is 0 Å². The Bertz CT molecular complexity index is 1490. The average molecular weight is 489 g/mol. The number of benzene rings is 2. The van der Waals surface area contributed by atoms with Crippen molar-refractivity contribution in [2.45, 2.75) is 49.5 Å². The molecular weight excluding hydrogens is 460 g/mol. The Kier molecular flexibility index (Phi) is 4.93. The summed E-state index contributed by atoms with van der Waals surface area (Å²) in [5.74, 6) is 1.64. The zero-order valence-electron chi connectivity index (χ0n) is 20.6. The standard InChI is InChI=1S/C31H28N4O2/c36-28-30(25-11-6-16-32-26(25)33-28)19-23-13-12-21(18-24(23)20-30)8-7-17-35-27(22-9-2-1-3-10-22)34-31(29(35)37)14-4-5-15-31/h1-3,6-13,16,18H,4-5,14-15,17,19-20H2,(H,32,33,36)/b8-7+/t30-/m1/s1. The molecule has 1 fully saturated rings. The summed E-state index contributed by atoms with van der Waals surface area (Å²) in [6.07, 6.45) is 11.0. The molecule has 0 radical (unpaired) electrons. The first kappa shape index (κ1) is 22.2. The average Bonchev–Trinajstić information content (AvgIpc) is 3.67. The van der Waals surface area contributed by atoms with E-state index in [0.29, 0.717) is 25.2 Å². The number of carbonyl (C=O) groups is 2. The van der Waals surface area contributed by atoms with Crippen molar-refractivity contribution < 1.29 is 9.59 Å². The van der Waals surface area contributed by atoms with Crippen LogP contribution in [0.1, 0.15) is 53.5 Å². The molecule has 0 unspecified atom stereocenters. The largest absolute Gasteiger partial charge is 0.310 e. The monoisotopic (exact) mass is 488 g/mol. The third kappa shape index (κ3) is 3.39. The van der Waals surface area contributed by atoms with Crippen LogP contribution >= 0.6 is 0 Å². The molecule has 6 nitrogen and oxygen atoms in total. The number of anilines is 1. The smallest absolute Gasteiger partial charge is 0.256 e. The molecule has 7 rings (SSSR count). The number of hydrogen-bond acceptors (Lipinski definition) is 4. The Labute approximate surface area is 216 Å². The van der Waals surface area contributed by atoms with E-state index in [1.54, 1.807) is 6.20 Å². The molecule has 2 amide bonds. The van der Waals surface area contributed by atoms with E-state index in [9.17, 15) is 9.59 Å². The quantitative estimate of drug-likeness (QED) is 0.579. The highest BCUT2D eigenvalue weighted by atomic mass is 16.2. The van der Waals surface area contributed by atoms with E-state index in [0.717, 1.165) is 48.2 Å². The molecule has 1 N–H and O–H groups in total. The van der Waals surface area contributed by atoms with Crippen molar-refractivity contribution in [3.05, 3.63) is 101 Å². The Balaban J connectivity index is 1.13. The maximum atomic E-state index is 13.5. The molecule has 0 bridgehead atoms. The summed E-state index contributed by atoms with van der Waals surface area (Å²) in [7, 11) is 0. The van der Waals surface area contributed by atoms with Gasteiger partial charge in [0.05, 0.1) is 5.41 Å². The number of aromatic nitrogens is 1. The molecule has 1 atom stereocenters. The summed E-state index contributed by atoms with van der Waals surface area (Å²) < 4.78 is 0. The lowest BCUT2D eigenvalue weighted by atomic mass is 9.79. The van der Waals surface area contributed by atoms with Crippen molar-refractivity contribution in [1.29, 1.82) is 0 Å². The Morgan fingerprint density at radius 3 is 2.59 bits per heavy atom. The van der Waals surface area contributed by atoms with E-state index in [1.165, 1.54) is 11.1 Å². The van der Waals surface area contributed by atoms with Gasteiger partial charge in [-0.3, -0.25) is 19.5 Å². The van der Waals surface area contributed by atoms with Gasteiger partial charge >= 0.3 is 0 Å². The van der Waals surface area contributed by atoms with Crippen LogP contribution in [0.3, 0.4) is 0 Å². The van der Waals surface area contributed by atoms with Gasteiger partial charge < -0.3 is 5.32 Å². The van der Waals surface area contributed by atoms with Gasteiger partial charge in [0.1, 0.15) is 17.2 Å². The van der Waals surface area contributed by atoms with Crippen LogP contribution in [0, 0.1) is 0 Å². The summed E-state index contributed by atoms with van der Waals surface area (Å²) in [5.41, 5.74) is 4.32. The highest BCUT2D eigenvalue weighted by molar-refractivity contribution is 6.15. The summed E-state index contributed by atoms with van der Waals surface area (Å²) in [5, 5.41) is 2.97.